The number of nitrogens with zero attached hydrogens (tertiary/aromatic N) is 2. The molecule has 2 N–H and O–H groups in total. The summed E-state index contributed by atoms with van der Waals surface area (Å²) in [5.74, 6) is 0.794. The van der Waals surface area contributed by atoms with E-state index < -0.39 is 0 Å². The maximum atomic E-state index is 11.4. The standard InChI is InChI=1S/C8H12N4O/c1-3-6-10-8-9-5(2)4-7(13)12(8)11-6/h4,8-9H,3H2,1-2H3,(H,10,11). The monoisotopic (exact) mass is 180 g/mol. The summed E-state index contributed by atoms with van der Waals surface area (Å²) in [6.45, 7) is 3.85. The van der Waals surface area contributed by atoms with Crippen LogP contribution in [0.2, 0.25) is 0 Å². The number of hydrogen-bond donors (Lipinski definition) is 2. The van der Waals surface area contributed by atoms with Gasteiger partial charge >= 0.3 is 0 Å². The predicted octanol–water partition coefficient (Wildman–Crippen LogP) is -0.0677. The van der Waals surface area contributed by atoms with Gasteiger partial charge in [-0.3, -0.25) is 10.2 Å². The van der Waals surface area contributed by atoms with Crippen molar-refractivity contribution < 1.29 is 4.79 Å². The van der Waals surface area contributed by atoms with Crippen LogP contribution in [0.25, 0.3) is 0 Å². The molecule has 5 heteroatoms. The molecule has 1 amide bonds. The molecule has 0 radical (unpaired) electrons. The Morgan fingerprint density at radius 1 is 1.69 bits per heavy atom. The molecule has 0 fully saturated rings. The van der Waals surface area contributed by atoms with Crippen molar-refractivity contribution >= 4 is 11.7 Å². The molecule has 70 valence electrons. The normalized spacial score (nSPS) is 25.8. The molecule has 2 heterocycles. The summed E-state index contributed by atoms with van der Waals surface area (Å²) in [5.41, 5.74) is 3.80. The number of hydrazine groups is 1. The number of aliphatic imine (C=N–C) groups is 1. The van der Waals surface area contributed by atoms with E-state index in [0.29, 0.717) is 0 Å². The summed E-state index contributed by atoms with van der Waals surface area (Å²) in [4.78, 5) is 15.7. The summed E-state index contributed by atoms with van der Waals surface area (Å²) < 4.78 is 0. The average molecular weight is 180 g/mol. The lowest BCUT2D eigenvalue weighted by atomic mass is 10.3. The highest BCUT2D eigenvalue weighted by Crippen LogP contribution is 2.12. The second-order valence-electron chi connectivity index (χ2n) is 3.09. The van der Waals surface area contributed by atoms with E-state index in [1.807, 2.05) is 13.8 Å². The lowest BCUT2D eigenvalue weighted by Gasteiger charge is -2.27. The first-order valence-electron chi connectivity index (χ1n) is 4.32. The van der Waals surface area contributed by atoms with Gasteiger partial charge in [-0.1, -0.05) is 6.92 Å². The van der Waals surface area contributed by atoms with Gasteiger partial charge in [0.25, 0.3) is 5.91 Å². The molecule has 0 spiro atoms. The Kier molecular flexibility index (Phi) is 1.72. The molecule has 0 aromatic heterocycles. The third-order valence-electron chi connectivity index (χ3n) is 2.04. The summed E-state index contributed by atoms with van der Waals surface area (Å²) in [6, 6.07) is 0. The van der Waals surface area contributed by atoms with Crippen LogP contribution in [-0.2, 0) is 4.79 Å². The molecule has 0 saturated heterocycles. The van der Waals surface area contributed by atoms with E-state index in [9.17, 15) is 4.79 Å². The van der Waals surface area contributed by atoms with E-state index in [4.69, 9.17) is 0 Å². The van der Waals surface area contributed by atoms with Crippen LogP contribution in [0.3, 0.4) is 0 Å². The molecule has 0 bridgehead atoms. The van der Waals surface area contributed by atoms with E-state index in [2.05, 4.69) is 15.7 Å². The molecule has 1 atom stereocenters. The molecule has 0 aliphatic carbocycles. The number of carbonyl (C=O) groups is 1. The van der Waals surface area contributed by atoms with Gasteiger partial charge in [0.05, 0.1) is 0 Å². The fraction of sp³-hybridized carbons (Fsp3) is 0.500. The number of amidine groups is 1. The van der Waals surface area contributed by atoms with E-state index in [1.54, 1.807) is 6.08 Å². The minimum Gasteiger partial charge on any atom is -0.349 e. The fourth-order valence-corrected chi connectivity index (χ4v) is 1.38. The van der Waals surface area contributed by atoms with Crippen LogP contribution in [0.15, 0.2) is 16.8 Å². The van der Waals surface area contributed by atoms with Crippen LogP contribution < -0.4 is 10.7 Å². The lowest BCUT2D eigenvalue weighted by molar-refractivity contribution is -0.130. The minimum atomic E-state index is -0.257. The summed E-state index contributed by atoms with van der Waals surface area (Å²) >= 11 is 0. The zero-order valence-corrected chi connectivity index (χ0v) is 7.66. The van der Waals surface area contributed by atoms with Crippen LogP contribution in [0, 0.1) is 0 Å². The number of fused-ring (bicyclic) bond motifs is 1. The molecule has 0 saturated carbocycles. The van der Waals surface area contributed by atoms with Crippen molar-refractivity contribution in [3.8, 4) is 0 Å². The molecular formula is C8H12N4O. The van der Waals surface area contributed by atoms with Crippen LogP contribution >= 0.6 is 0 Å². The van der Waals surface area contributed by atoms with Crippen LogP contribution in [-0.4, -0.2) is 23.0 Å². The third-order valence-corrected chi connectivity index (χ3v) is 2.04. The molecule has 0 aromatic carbocycles. The van der Waals surface area contributed by atoms with E-state index in [1.165, 1.54) is 5.01 Å². The maximum absolute atomic E-state index is 11.4. The molecule has 2 aliphatic heterocycles. The molecule has 5 nitrogen and oxygen atoms in total. The third kappa shape index (κ3) is 1.26. The van der Waals surface area contributed by atoms with Gasteiger partial charge in [0, 0.05) is 18.2 Å². The second kappa shape index (κ2) is 2.76. The summed E-state index contributed by atoms with van der Waals surface area (Å²) in [7, 11) is 0. The molecule has 0 aromatic rings. The van der Waals surface area contributed by atoms with Gasteiger partial charge in [0.2, 0.25) is 6.29 Å². The Hall–Kier alpha value is -1.52. The number of carbonyl (C=O) groups excluding carboxylic acids is 1. The molecular weight excluding hydrogens is 168 g/mol. The minimum absolute atomic E-state index is 0.0477. The fourth-order valence-electron chi connectivity index (χ4n) is 1.38. The van der Waals surface area contributed by atoms with Crippen molar-refractivity contribution in [2.24, 2.45) is 4.99 Å². The highest BCUT2D eigenvalue weighted by atomic mass is 16.2. The van der Waals surface area contributed by atoms with E-state index in [0.717, 1.165) is 18.0 Å². The number of hydrogen-bond acceptors (Lipinski definition) is 4. The zero-order valence-electron chi connectivity index (χ0n) is 7.66. The topological polar surface area (TPSA) is 56.7 Å². The Balaban J connectivity index is 2.21. The Labute approximate surface area is 76.5 Å². The molecule has 2 rings (SSSR count). The van der Waals surface area contributed by atoms with Gasteiger partial charge in [0.15, 0.2) is 0 Å². The maximum Gasteiger partial charge on any atom is 0.270 e. The van der Waals surface area contributed by atoms with Gasteiger partial charge in [-0.15, -0.1) is 0 Å². The number of allylic oxidation sites excluding steroid dienone is 1. The van der Waals surface area contributed by atoms with Gasteiger partial charge < -0.3 is 5.32 Å². The van der Waals surface area contributed by atoms with Gasteiger partial charge in [0.1, 0.15) is 5.84 Å². The highest BCUT2D eigenvalue weighted by Gasteiger charge is 2.31. The van der Waals surface area contributed by atoms with Crippen LogP contribution in [0.5, 0.6) is 0 Å². The number of rotatable bonds is 1. The average Bonchev–Trinajstić information content (AvgIpc) is 2.47. The Morgan fingerprint density at radius 3 is 3.15 bits per heavy atom. The summed E-state index contributed by atoms with van der Waals surface area (Å²) in [6.07, 6.45) is 2.10. The lowest BCUT2D eigenvalue weighted by Crippen LogP contribution is -2.52. The van der Waals surface area contributed by atoms with Crippen molar-refractivity contribution in [2.75, 3.05) is 0 Å². The second-order valence-corrected chi connectivity index (χ2v) is 3.09. The van der Waals surface area contributed by atoms with Gasteiger partial charge in [-0.25, -0.2) is 10.0 Å². The molecule has 1 unspecified atom stereocenters. The first-order valence-corrected chi connectivity index (χ1v) is 4.32. The van der Waals surface area contributed by atoms with Crippen LogP contribution in [0.4, 0.5) is 0 Å². The Morgan fingerprint density at radius 2 is 2.46 bits per heavy atom. The smallest absolute Gasteiger partial charge is 0.270 e. The van der Waals surface area contributed by atoms with Crippen molar-refractivity contribution in [1.29, 1.82) is 0 Å². The first-order chi connectivity index (χ1) is 6.20. The largest absolute Gasteiger partial charge is 0.349 e. The first kappa shape index (κ1) is 8.10. The predicted molar refractivity (Wildman–Crippen MR) is 48.4 cm³/mol. The highest BCUT2D eigenvalue weighted by molar-refractivity contribution is 5.94. The van der Waals surface area contributed by atoms with Crippen LogP contribution in [0.1, 0.15) is 20.3 Å². The van der Waals surface area contributed by atoms with E-state index >= 15 is 0 Å². The summed E-state index contributed by atoms with van der Waals surface area (Å²) in [5, 5.41) is 4.58. The quantitative estimate of drug-likeness (QED) is 0.594. The Bertz CT molecular complexity index is 307. The number of nitrogens with one attached hydrogen (secondary N) is 2. The van der Waals surface area contributed by atoms with Crippen molar-refractivity contribution in [2.45, 2.75) is 26.6 Å². The van der Waals surface area contributed by atoms with Crippen molar-refractivity contribution in [3.05, 3.63) is 11.8 Å². The van der Waals surface area contributed by atoms with Crippen molar-refractivity contribution in [1.82, 2.24) is 15.8 Å². The molecule has 2 aliphatic rings. The van der Waals surface area contributed by atoms with Gasteiger partial charge in [-0.05, 0) is 6.92 Å². The molecule has 13 heavy (non-hydrogen) atoms. The SMILES string of the molecule is CCC1=NC2NC(C)=CC(=O)N2N1. The van der Waals surface area contributed by atoms with Crippen molar-refractivity contribution in [3.63, 3.8) is 0 Å². The van der Waals surface area contributed by atoms with E-state index in [-0.39, 0.29) is 12.2 Å². The number of amides is 1. The van der Waals surface area contributed by atoms with Gasteiger partial charge in [-0.2, -0.15) is 0 Å². The zero-order chi connectivity index (χ0) is 9.42.